The van der Waals surface area contributed by atoms with E-state index in [0.29, 0.717) is 5.76 Å². The molecule has 0 bridgehead atoms. The van der Waals surface area contributed by atoms with Crippen LogP contribution in [-0.2, 0) is 11.2 Å². The van der Waals surface area contributed by atoms with E-state index in [4.69, 9.17) is 9.26 Å². The topological polar surface area (TPSA) is 81.4 Å². The Morgan fingerprint density at radius 2 is 2.04 bits per heavy atom. The van der Waals surface area contributed by atoms with Crippen LogP contribution < -0.4 is 5.32 Å². The Balaban J connectivity index is 1.86. The van der Waals surface area contributed by atoms with E-state index in [9.17, 15) is 18.4 Å². The highest BCUT2D eigenvalue weighted by Gasteiger charge is 2.14. The van der Waals surface area contributed by atoms with Gasteiger partial charge in [-0.15, -0.1) is 0 Å². The molecule has 1 N–H and O–H groups in total. The lowest BCUT2D eigenvalue weighted by Gasteiger charge is -2.04. The van der Waals surface area contributed by atoms with Crippen LogP contribution in [0.2, 0.25) is 0 Å². The highest BCUT2D eigenvalue weighted by atomic mass is 19.2. The Kier molecular flexibility index (Phi) is 5.40. The predicted molar refractivity (Wildman–Crippen MR) is 74.9 cm³/mol. The zero-order valence-electron chi connectivity index (χ0n) is 12.3. The van der Waals surface area contributed by atoms with Gasteiger partial charge in [-0.3, -0.25) is 4.79 Å². The van der Waals surface area contributed by atoms with Crippen LogP contribution in [0.15, 0.2) is 28.8 Å². The number of nitrogens with zero attached hydrogens (tertiary/aromatic N) is 1. The van der Waals surface area contributed by atoms with E-state index in [1.54, 1.807) is 6.92 Å². The number of esters is 1. The van der Waals surface area contributed by atoms with Gasteiger partial charge < -0.3 is 14.6 Å². The standard InChI is InChI=1S/C15H14F2N2O4/c1-2-22-15(21)13-8-10(23-19-13)5-6-18-14(20)9-3-4-11(16)12(17)7-9/h3-4,7-8H,2,5-6H2,1H3,(H,18,20). The van der Waals surface area contributed by atoms with Gasteiger partial charge in [-0.05, 0) is 25.1 Å². The maximum atomic E-state index is 13.0. The lowest BCUT2D eigenvalue weighted by Crippen LogP contribution is -2.25. The first-order chi connectivity index (χ1) is 11.0. The van der Waals surface area contributed by atoms with Crippen molar-refractivity contribution in [2.75, 3.05) is 13.2 Å². The van der Waals surface area contributed by atoms with Crippen molar-refractivity contribution in [2.45, 2.75) is 13.3 Å². The number of carbonyl (C=O) groups excluding carboxylic acids is 2. The summed E-state index contributed by atoms with van der Waals surface area (Å²) in [7, 11) is 0. The average Bonchev–Trinajstić information content (AvgIpc) is 2.99. The summed E-state index contributed by atoms with van der Waals surface area (Å²) in [4.78, 5) is 23.2. The normalized spacial score (nSPS) is 10.4. The van der Waals surface area contributed by atoms with E-state index >= 15 is 0 Å². The molecule has 23 heavy (non-hydrogen) atoms. The molecule has 6 nitrogen and oxygen atoms in total. The van der Waals surface area contributed by atoms with Crippen LogP contribution in [0.1, 0.15) is 33.5 Å². The van der Waals surface area contributed by atoms with E-state index in [0.717, 1.165) is 12.1 Å². The minimum Gasteiger partial charge on any atom is -0.461 e. The summed E-state index contributed by atoms with van der Waals surface area (Å²) in [5, 5.41) is 6.08. The van der Waals surface area contributed by atoms with Gasteiger partial charge in [-0.25, -0.2) is 13.6 Å². The maximum absolute atomic E-state index is 13.0. The minimum atomic E-state index is -1.09. The van der Waals surface area contributed by atoms with Gasteiger partial charge in [0.25, 0.3) is 5.91 Å². The van der Waals surface area contributed by atoms with Crippen LogP contribution in [0.4, 0.5) is 8.78 Å². The summed E-state index contributed by atoms with van der Waals surface area (Å²) in [5.41, 5.74) is 0.0578. The molecule has 1 amide bonds. The van der Waals surface area contributed by atoms with Gasteiger partial charge in [0.1, 0.15) is 5.76 Å². The summed E-state index contributed by atoms with van der Waals surface area (Å²) in [6.45, 7) is 2.08. The summed E-state index contributed by atoms with van der Waals surface area (Å²) in [5.74, 6) is -2.86. The van der Waals surface area contributed by atoms with Crippen LogP contribution in [0.25, 0.3) is 0 Å². The Morgan fingerprint density at radius 1 is 1.26 bits per heavy atom. The molecule has 0 radical (unpaired) electrons. The molecule has 0 aliphatic rings. The van der Waals surface area contributed by atoms with E-state index in [1.807, 2.05) is 0 Å². The smallest absolute Gasteiger partial charge is 0.360 e. The second-order valence-corrected chi connectivity index (χ2v) is 4.53. The fraction of sp³-hybridized carbons (Fsp3) is 0.267. The zero-order valence-corrected chi connectivity index (χ0v) is 12.3. The van der Waals surface area contributed by atoms with Gasteiger partial charge in [0, 0.05) is 24.6 Å². The van der Waals surface area contributed by atoms with Crippen molar-refractivity contribution in [3.8, 4) is 0 Å². The highest BCUT2D eigenvalue weighted by Crippen LogP contribution is 2.09. The molecule has 0 atom stereocenters. The zero-order chi connectivity index (χ0) is 16.8. The number of benzene rings is 1. The summed E-state index contributed by atoms with van der Waals surface area (Å²) < 4.78 is 35.5. The van der Waals surface area contributed by atoms with Crippen LogP contribution in [0.3, 0.4) is 0 Å². The predicted octanol–water partition coefficient (Wildman–Crippen LogP) is 2.10. The Morgan fingerprint density at radius 3 is 2.74 bits per heavy atom. The molecule has 2 rings (SSSR count). The molecule has 0 aliphatic heterocycles. The van der Waals surface area contributed by atoms with Crippen molar-refractivity contribution in [1.29, 1.82) is 0 Å². The number of amides is 1. The molecule has 0 saturated carbocycles. The third-order valence-corrected chi connectivity index (χ3v) is 2.88. The third-order valence-electron chi connectivity index (χ3n) is 2.88. The minimum absolute atomic E-state index is 0.00804. The fourth-order valence-corrected chi connectivity index (χ4v) is 1.77. The van der Waals surface area contributed by atoms with Crippen LogP contribution in [0.5, 0.6) is 0 Å². The van der Waals surface area contributed by atoms with Crippen molar-refractivity contribution in [2.24, 2.45) is 0 Å². The van der Waals surface area contributed by atoms with Crippen LogP contribution in [-0.4, -0.2) is 30.2 Å². The summed E-state index contributed by atoms with van der Waals surface area (Å²) in [6, 6.07) is 4.30. The Hall–Kier alpha value is -2.77. The van der Waals surface area contributed by atoms with E-state index in [2.05, 4.69) is 10.5 Å². The number of aromatic nitrogens is 1. The molecule has 0 spiro atoms. The number of nitrogens with one attached hydrogen (secondary N) is 1. The van der Waals surface area contributed by atoms with Gasteiger partial charge in [-0.2, -0.15) is 0 Å². The van der Waals surface area contributed by atoms with Crippen molar-refractivity contribution in [3.05, 3.63) is 52.9 Å². The molecule has 1 heterocycles. The number of rotatable bonds is 6. The molecule has 0 fully saturated rings. The van der Waals surface area contributed by atoms with Crippen molar-refractivity contribution < 1.29 is 27.6 Å². The number of carbonyl (C=O) groups is 2. The van der Waals surface area contributed by atoms with Crippen molar-refractivity contribution >= 4 is 11.9 Å². The molecular formula is C15H14F2N2O4. The van der Waals surface area contributed by atoms with Gasteiger partial charge in [0.05, 0.1) is 6.61 Å². The number of ether oxygens (including phenoxy) is 1. The number of hydrogen-bond donors (Lipinski definition) is 1. The highest BCUT2D eigenvalue weighted by molar-refractivity contribution is 5.94. The Bertz CT molecular complexity index is 715. The molecule has 0 saturated heterocycles. The SMILES string of the molecule is CCOC(=O)c1cc(CCNC(=O)c2ccc(F)c(F)c2)on1. The quantitative estimate of drug-likeness (QED) is 0.823. The summed E-state index contributed by atoms with van der Waals surface area (Å²) >= 11 is 0. The average molecular weight is 324 g/mol. The first-order valence-electron chi connectivity index (χ1n) is 6.87. The van der Waals surface area contributed by atoms with Crippen molar-refractivity contribution in [1.82, 2.24) is 10.5 Å². The van der Waals surface area contributed by atoms with E-state index in [-0.39, 0.29) is 30.8 Å². The number of hydrogen-bond acceptors (Lipinski definition) is 5. The van der Waals surface area contributed by atoms with Gasteiger partial charge in [0.2, 0.25) is 0 Å². The summed E-state index contributed by atoms with van der Waals surface area (Å²) in [6.07, 6.45) is 0.280. The van der Waals surface area contributed by atoms with Gasteiger partial charge in [-0.1, -0.05) is 5.16 Å². The second-order valence-electron chi connectivity index (χ2n) is 4.53. The molecule has 0 unspecified atom stereocenters. The third kappa shape index (κ3) is 4.35. The molecule has 122 valence electrons. The Labute approximate surface area is 130 Å². The molecule has 8 heteroatoms. The first-order valence-corrected chi connectivity index (χ1v) is 6.87. The molecule has 2 aromatic rings. The first kappa shape index (κ1) is 16.6. The molecule has 1 aromatic heterocycles. The van der Waals surface area contributed by atoms with E-state index in [1.165, 1.54) is 12.1 Å². The van der Waals surface area contributed by atoms with Crippen molar-refractivity contribution in [3.63, 3.8) is 0 Å². The van der Waals surface area contributed by atoms with Crippen LogP contribution in [0, 0.1) is 11.6 Å². The molecular weight excluding hydrogens is 310 g/mol. The lowest BCUT2D eigenvalue weighted by atomic mass is 10.2. The van der Waals surface area contributed by atoms with Crippen LogP contribution >= 0.6 is 0 Å². The second kappa shape index (κ2) is 7.48. The monoisotopic (exact) mass is 324 g/mol. The lowest BCUT2D eigenvalue weighted by molar-refractivity contribution is 0.0514. The fourth-order valence-electron chi connectivity index (χ4n) is 1.77. The largest absolute Gasteiger partial charge is 0.461 e. The number of halogens is 2. The van der Waals surface area contributed by atoms with E-state index < -0.39 is 23.5 Å². The van der Waals surface area contributed by atoms with Gasteiger partial charge in [0.15, 0.2) is 17.3 Å². The van der Waals surface area contributed by atoms with Gasteiger partial charge >= 0.3 is 5.97 Å². The molecule has 0 aliphatic carbocycles. The maximum Gasteiger partial charge on any atom is 0.360 e. The molecule has 1 aromatic carbocycles.